The number of hydrogen-bond acceptors (Lipinski definition) is 2. The maximum Gasteiger partial charge on any atom is 0.272 e. The molecule has 106 valence electrons. The smallest absolute Gasteiger partial charge is 0.272 e. The summed E-state index contributed by atoms with van der Waals surface area (Å²) in [5, 5.41) is 8.70. The molecular formula is C15H30O2Si. The molecular weight excluding hydrogens is 240 g/mol. The highest BCUT2D eigenvalue weighted by molar-refractivity contribution is 6.77. The van der Waals surface area contributed by atoms with Crippen LogP contribution in [0, 0.1) is 12.0 Å². The number of unbranched alkanes of at least 4 members (excludes halogenated alkanes) is 2. The molecule has 0 aliphatic carbocycles. The van der Waals surface area contributed by atoms with Gasteiger partial charge in [-0.2, -0.15) is 0 Å². The minimum Gasteiger partial charge on any atom is -0.500 e. The molecule has 0 radical (unpaired) electrons. The molecule has 0 aliphatic rings. The third-order valence-corrected chi connectivity index (χ3v) is 9.59. The first kappa shape index (κ1) is 17.5. The fraction of sp³-hybridized carbons (Fsp3) is 0.867. The van der Waals surface area contributed by atoms with E-state index in [9.17, 15) is 0 Å². The van der Waals surface area contributed by atoms with Crippen LogP contribution in [0.25, 0.3) is 0 Å². The molecule has 0 bridgehead atoms. The fourth-order valence-corrected chi connectivity index (χ4v) is 7.81. The molecule has 0 aromatic heterocycles. The van der Waals surface area contributed by atoms with Gasteiger partial charge in [-0.05, 0) is 29.5 Å². The number of aliphatic hydroxyl groups excluding tert-OH is 1. The zero-order valence-corrected chi connectivity index (χ0v) is 13.9. The van der Waals surface area contributed by atoms with E-state index in [4.69, 9.17) is 9.53 Å². The number of rotatable bonds is 7. The van der Waals surface area contributed by atoms with Gasteiger partial charge in [-0.15, -0.1) is 0 Å². The van der Waals surface area contributed by atoms with Crippen LogP contribution in [0.2, 0.25) is 16.6 Å². The van der Waals surface area contributed by atoms with Gasteiger partial charge in [-0.3, -0.25) is 0 Å². The van der Waals surface area contributed by atoms with Crippen LogP contribution in [0.4, 0.5) is 0 Å². The van der Waals surface area contributed by atoms with Crippen LogP contribution in [-0.4, -0.2) is 20.0 Å². The Morgan fingerprint density at radius 3 is 1.83 bits per heavy atom. The Bertz CT molecular complexity index is 252. The van der Waals surface area contributed by atoms with E-state index in [0.29, 0.717) is 16.6 Å². The van der Waals surface area contributed by atoms with Gasteiger partial charge in [0, 0.05) is 13.0 Å². The highest BCUT2D eigenvalue weighted by Gasteiger charge is 2.46. The zero-order chi connectivity index (χ0) is 14.2. The van der Waals surface area contributed by atoms with Gasteiger partial charge in [0.05, 0.1) is 6.11 Å². The summed E-state index contributed by atoms with van der Waals surface area (Å²) in [6.07, 6.45) is 5.56. The summed E-state index contributed by atoms with van der Waals surface area (Å²) in [4.78, 5) is 0. The summed E-state index contributed by atoms with van der Waals surface area (Å²) >= 11 is 0. The Kier molecular flexibility index (Phi) is 8.38. The topological polar surface area (TPSA) is 29.5 Å². The third-order valence-electron chi connectivity index (χ3n) is 3.72. The number of hydrogen-bond donors (Lipinski definition) is 1. The second-order valence-electron chi connectivity index (χ2n) is 5.88. The average Bonchev–Trinajstić information content (AvgIpc) is 2.26. The first-order valence-corrected chi connectivity index (χ1v) is 9.30. The molecule has 0 aliphatic heterocycles. The van der Waals surface area contributed by atoms with Crippen LogP contribution < -0.4 is 0 Å². The molecule has 0 amide bonds. The predicted molar refractivity (Wildman–Crippen MR) is 80.8 cm³/mol. The molecule has 0 saturated carbocycles. The van der Waals surface area contributed by atoms with E-state index in [-0.39, 0.29) is 6.61 Å². The standard InChI is InChI=1S/C15H30O2Si/c1-13(2)18(14(3)4,15(5)6)17-12-10-8-7-9-11-16/h13-16H,7-9,11H2,1-6H3. The molecule has 3 heteroatoms. The van der Waals surface area contributed by atoms with Crippen molar-refractivity contribution in [1.29, 1.82) is 0 Å². The van der Waals surface area contributed by atoms with Crippen molar-refractivity contribution < 1.29 is 9.53 Å². The van der Waals surface area contributed by atoms with Crippen molar-refractivity contribution in [3.63, 3.8) is 0 Å². The quantitative estimate of drug-likeness (QED) is 0.424. The van der Waals surface area contributed by atoms with E-state index < -0.39 is 8.32 Å². The van der Waals surface area contributed by atoms with E-state index in [1.165, 1.54) is 0 Å². The lowest BCUT2D eigenvalue weighted by molar-refractivity contribution is 0.285. The lowest BCUT2D eigenvalue weighted by Crippen LogP contribution is -2.46. The van der Waals surface area contributed by atoms with Crippen LogP contribution >= 0.6 is 0 Å². The highest BCUT2D eigenvalue weighted by atomic mass is 28.4. The molecule has 0 heterocycles. The SMILES string of the molecule is CC(C)[Si](OC#CCCCCO)(C(C)C)C(C)C. The monoisotopic (exact) mass is 270 g/mol. The van der Waals surface area contributed by atoms with Crippen LogP contribution in [0.1, 0.15) is 60.8 Å². The van der Waals surface area contributed by atoms with Crippen LogP contribution in [-0.2, 0) is 4.43 Å². The maximum absolute atomic E-state index is 8.70. The van der Waals surface area contributed by atoms with Crippen molar-refractivity contribution in [2.75, 3.05) is 6.61 Å². The first-order valence-electron chi connectivity index (χ1n) is 7.16. The van der Waals surface area contributed by atoms with Gasteiger partial charge in [-0.25, -0.2) is 0 Å². The van der Waals surface area contributed by atoms with Gasteiger partial charge < -0.3 is 9.53 Å². The Morgan fingerprint density at radius 2 is 1.44 bits per heavy atom. The summed E-state index contributed by atoms with van der Waals surface area (Å²) in [5.41, 5.74) is 1.72. The van der Waals surface area contributed by atoms with Gasteiger partial charge >= 0.3 is 0 Å². The maximum atomic E-state index is 8.70. The second kappa shape index (κ2) is 8.61. The Morgan fingerprint density at radius 1 is 0.944 bits per heavy atom. The predicted octanol–water partition coefficient (Wildman–Crippen LogP) is 4.30. The second-order valence-corrected chi connectivity index (χ2v) is 11.3. The van der Waals surface area contributed by atoms with Gasteiger partial charge in [0.15, 0.2) is 0 Å². The first-order chi connectivity index (χ1) is 8.39. The molecule has 0 atom stereocenters. The summed E-state index contributed by atoms with van der Waals surface area (Å²) in [7, 11) is -1.82. The zero-order valence-electron chi connectivity index (χ0n) is 12.9. The lowest BCUT2D eigenvalue weighted by Gasteiger charge is -2.39. The van der Waals surface area contributed by atoms with Gasteiger partial charge in [0.25, 0.3) is 8.32 Å². The Labute approximate surface area is 114 Å². The van der Waals surface area contributed by atoms with Crippen LogP contribution in [0.15, 0.2) is 0 Å². The van der Waals surface area contributed by atoms with Gasteiger partial charge in [-0.1, -0.05) is 47.5 Å². The summed E-state index contributed by atoms with van der Waals surface area (Å²) in [6.45, 7) is 13.8. The Hall–Kier alpha value is -0.463. The van der Waals surface area contributed by atoms with E-state index in [2.05, 4.69) is 53.6 Å². The molecule has 0 aromatic carbocycles. The van der Waals surface area contributed by atoms with Gasteiger partial charge in [0.2, 0.25) is 0 Å². The summed E-state index contributed by atoms with van der Waals surface area (Å²) < 4.78 is 6.11. The van der Waals surface area contributed by atoms with Crippen molar-refractivity contribution in [2.45, 2.75) is 77.4 Å². The highest BCUT2D eigenvalue weighted by Crippen LogP contribution is 2.41. The minimum atomic E-state index is -1.82. The molecule has 0 unspecified atom stereocenters. The molecule has 0 fully saturated rings. The number of aliphatic hydroxyl groups is 1. The fourth-order valence-electron chi connectivity index (χ4n) is 2.85. The molecule has 18 heavy (non-hydrogen) atoms. The van der Waals surface area contributed by atoms with Crippen molar-refractivity contribution >= 4 is 8.32 Å². The minimum absolute atomic E-state index is 0.255. The van der Waals surface area contributed by atoms with E-state index in [1.54, 1.807) is 0 Å². The molecule has 0 saturated heterocycles. The van der Waals surface area contributed by atoms with Crippen molar-refractivity contribution in [3.8, 4) is 12.0 Å². The average molecular weight is 270 g/mol. The molecule has 0 rings (SSSR count). The Balaban J connectivity index is 4.60. The largest absolute Gasteiger partial charge is 0.500 e. The summed E-state index contributed by atoms with van der Waals surface area (Å²) in [5.74, 6) is 3.09. The molecule has 0 spiro atoms. The molecule has 2 nitrogen and oxygen atoms in total. The van der Waals surface area contributed by atoms with Crippen LogP contribution in [0.5, 0.6) is 0 Å². The molecule has 0 aromatic rings. The van der Waals surface area contributed by atoms with Gasteiger partial charge in [0.1, 0.15) is 0 Å². The normalized spacial score (nSPS) is 11.9. The van der Waals surface area contributed by atoms with E-state index >= 15 is 0 Å². The van der Waals surface area contributed by atoms with E-state index in [1.807, 2.05) is 0 Å². The van der Waals surface area contributed by atoms with Crippen molar-refractivity contribution in [3.05, 3.63) is 0 Å². The molecule has 1 N–H and O–H groups in total. The van der Waals surface area contributed by atoms with Crippen molar-refractivity contribution in [2.24, 2.45) is 0 Å². The van der Waals surface area contributed by atoms with Crippen LogP contribution in [0.3, 0.4) is 0 Å². The van der Waals surface area contributed by atoms with E-state index in [0.717, 1.165) is 19.3 Å². The lowest BCUT2D eigenvalue weighted by atomic mass is 10.2. The summed E-state index contributed by atoms with van der Waals surface area (Å²) in [6, 6.07) is 0. The van der Waals surface area contributed by atoms with Crippen molar-refractivity contribution in [1.82, 2.24) is 0 Å². The third kappa shape index (κ3) is 4.66.